The molecule has 1 aliphatic heterocycles. The number of aliphatic imine (C=N–C) groups is 1. The minimum atomic E-state index is -0.923. The van der Waals surface area contributed by atoms with E-state index in [1.807, 2.05) is 18.2 Å². The molecule has 0 aliphatic carbocycles. The van der Waals surface area contributed by atoms with Crippen LogP contribution in [0, 0.1) is 0 Å². The van der Waals surface area contributed by atoms with Gasteiger partial charge in [-0.15, -0.1) is 0 Å². The van der Waals surface area contributed by atoms with Gasteiger partial charge in [-0.25, -0.2) is 4.99 Å². The fourth-order valence-corrected chi connectivity index (χ4v) is 2.09. The first-order chi connectivity index (χ1) is 8.78. The monoisotopic (exact) mass is 248 g/mol. The third-order valence-electron chi connectivity index (χ3n) is 3.13. The van der Waals surface area contributed by atoms with Gasteiger partial charge in [-0.2, -0.15) is 0 Å². The van der Waals surface area contributed by atoms with Gasteiger partial charge in [0.2, 0.25) is 0 Å². The molecule has 1 saturated heterocycles. The summed E-state index contributed by atoms with van der Waals surface area (Å²) in [5.41, 5.74) is 1.14. The fourth-order valence-electron chi connectivity index (χ4n) is 2.09. The molecule has 1 N–H and O–H groups in total. The summed E-state index contributed by atoms with van der Waals surface area (Å²) in [7, 11) is 3.26. The Morgan fingerprint density at radius 3 is 2.50 bits per heavy atom. The van der Waals surface area contributed by atoms with Gasteiger partial charge in [0.25, 0.3) is 5.91 Å². The molecule has 4 heteroatoms. The summed E-state index contributed by atoms with van der Waals surface area (Å²) in [5, 5.41) is 3.26. The Hall–Kier alpha value is -1.39. The lowest BCUT2D eigenvalue weighted by Gasteiger charge is -2.27. The van der Waals surface area contributed by atoms with Crippen LogP contribution in [0.25, 0.3) is 0 Å². The quantitative estimate of drug-likeness (QED) is 0.810. The molecule has 1 aliphatic rings. The van der Waals surface area contributed by atoms with Gasteiger partial charge in [0.1, 0.15) is 5.84 Å². The van der Waals surface area contributed by atoms with Crippen molar-refractivity contribution >= 4 is 5.84 Å². The molecule has 2 rings (SSSR count). The molecule has 1 aromatic carbocycles. The summed E-state index contributed by atoms with van der Waals surface area (Å²) in [5.74, 6) is 0.0447. The number of nitrogens with zero attached hydrogens (tertiary/aromatic N) is 1. The van der Waals surface area contributed by atoms with Gasteiger partial charge in [-0.1, -0.05) is 30.3 Å². The summed E-state index contributed by atoms with van der Waals surface area (Å²) in [6, 6.07) is 10.1. The highest BCUT2D eigenvalue weighted by Crippen LogP contribution is 2.21. The van der Waals surface area contributed by atoms with Crippen molar-refractivity contribution in [3.05, 3.63) is 35.9 Å². The van der Waals surface area contributed by atoms with E-state index in [0.29, 0.717) is 6.42 Å². The largest absolute Gasteiger partial charge is 0.374 e. The van der Waals surface area contributed by atoms with E-state index in [-0.39, 0.29) is 0 Å². The standard InChI is InChI=1S/C14H20N2O2/c1-17-14(18-2,16-13-9-6-10-15-13)11-12-7-4-3-5-8-12/h3-5,7-8H,6,9-11H2,1-2H3,(H,15,16). The average Bonchev–Trinajstić information content (AvgIpc) is 2.92. The minimum Gasteiger partial charge on any atom is -0.374 e. The molecule has 1 aromatic rings. The van der Waals surface area contributed by atoms with E-state index in [2.05, 4.69) is 22.4 Å². The number of methoxy groups -OCH3 is 2. The van der Waals surface area contributed by atoms with Gasteiger partial charge in [0, 0.05) is 33.6 Å². The first-order valence-corrected chi connectivity index (χ1v) is 6.25. The van der Waals surface area contributed by atoms with Crippen molar-refractivity contribution < 1.29 is 9.47 Å². The number of rotatable bonds is 5. The first kappa shape index (κ1) is 13.1. The van der Waals surface area contributed by atoms with Crippen LogP contribution in [0.2, 0.25) is 0 Å². The zero-order valence-corrected chi connectivity index (χ0v) is 11.0. The first-order valence-electron chi connectivity index (χ1n) is 6.25. The van der Waals surface area contributed by atoms with E-state index < -0.39 is 5.91 Å². The van der Waals surface area contributed by atoms with Gasteiger partial charge in [-0.3, -0.25) is 0 Å². The van der Waals surface area contributed by atoms with Gasteiger partial charge >= 0.3 is 0 Å². The van der Waals surface area contributed by atoms with E-state index in [4.69, 9.17) is 9.47 Å². The molecule has 0 aromatic heterocycles. The SMILES string of the molecule is COC(Cc1ccccc1)(N=C1CCCN1)OC. The normalized spacial score (nSPS) is 18.0. The maximum Gasteiger partial charge on any atom is 0.274 e. The summed E-state index contributed by atoms with van der Waals surface area (Å²) in [6.07, 6.45) is 2.68. The molecule has 0 bridgehead atoms. The predicted molar refractivity (Wildman–Crippen MR) is 71.6 cm³/mol. The maximum absolute atomic E-state index is 5.50. The van der Waals surface area contributed by atoms with Crippen LogP contribution >= 0.6 is 0 Å². The lowest BCUT2D eigenvalue weighted by molar-refractivity contribution is -0.199. The number of hydrogen-bond acceptors (Lipinski definition) is 3. The highest BCUT2D eigenvalue weighted by atomic mass is 16.7. The average molecular weight is 248 g/mol. The van der Waals surface area contributed by atoms with E-state index in [0.717, 1.165) is 30.8 Å². The number of amidine groups is 1. The van der Waals surface area contributed by atoms with Crippen molar-refractivity contribution in [2.24, 2.45) is 4.99 Å². The van der Waals surface area contributed by atoms with Gasteiger partial charge in [0.05, 0.1) is 0 Å². The third kappa shape index (κ3) is 3.09. The van der Waals surface area contributed by atoms with Crippen LogP contribution in [0.4, 0.5) is 0 Å². The van der Waals surface area contributed by atoms with E-state index in [1.165, 1.54) is 0 Å². The molecule has 0 radical (unpaired) electrons. The molecule has 1 fully saturated rings. The molecular formula is C14H20N2O2. The zero-order chi connectivity index (χ0) is 12.8. The Kier molecular flexibility index (Phi) is 4.33. The van der Waals surface area contributed by atoms with Crippen LogP contribution < -0.4 is 5.32 Å². The Balaban J connectivity index is 2.18. The summed E-state index contributed by atoms with van der Waals surface area (Å²) < 4.78 is 11.0. The highest BCUT2D eigenvalue weighted by Gasteiger charge is 2.30. The Morgan fingerprint density at radius 1 is 1.22 bits per heavy atom. The fraction of sp³-hybridized carbons (Fsp3) is 0.500. The van der Waals surface area contributed by atoms with Crippen molar-refractivity contribution in [1.82, 2.24) is 5.32 Å². The van der Waals surface area contributed by atoms with E-state index >= 15 is 0 Å². The van der Waals surface area contributed by atoms with Gasteiger partial charge in [-0.05, 0) is 12.0 Å². The second kappa shape index (κ2) is 5.98. The van der Waals surface area contributed by atoms with Gasteiger partial charge < -0.3 is 14.8 Å². The van der Waals surface area contributed by atoms with Crippen LogP contribution in [-0.2, 0) is 15.9 Å². The molecule has 0 amide bonds. The Bertz CT molecular complexity index is 392. The van der Waals surface area contributed by atoms with Crippen LogP contribution in [-0.4, -0.2) is 32.5 Å². The number of benzene rings is 1. The molecule has 0 spiro atoms. The van der Waals surface area contributed by atoms with Crippen molar-refractivity contribution in [1.29, 1.82) is 0 Å². The lowest BCUT2D eigenvalue weighted by Crippen LogP contribution is -2.36. The topological polar surface area (TPSA) is 42.8 Å². The van der Waals surface area contributed by atoms with Crippen molar-refractivity contribution in [2.45, 2.75) is 25.2 Å². The molecular weight excluding hydrogens is 228 g/mol. The number of nitrogens with one attached hydrogen (secondary N) is 1. The predicted octanol–water partition coefficient (Wildman–Crippen LogP) is 1.96. The van der Waals surface area contributed by atoms with Crippen LogP contribution in [0.5, 0.6) is 0 Å². The molecule has 18 heavy (non-hydrogen) atoms. The summed E-state index contributed by atoms with van der Waals surface area (Å²) in [6.45, 7) is 0.980. The highest BCUT2D eigenvalue weighted by molar-refractivity contribution is 5.84. The van der Waals surface area contributed by atoms with Crippen molar-refractivity contribution in [3.8, 4) is 0 Å². The molecule has 0 saturated carbocycles. The van der Waals surface area contributed by atoms with Gasteiger partial charge in [0.15, 0.2) is 0 Å². The van der Waals surface area contributed by atoms with Crippen LogP contribution in [0.15, 0.2) is 35.3 Å². The molecule has 0 unspecified atom stereocenters. The third-order valence-corrected chi connectivity index (χ3v) is 3.13. The zero-order valence-electron chi connectivity index (χ0n) is 11.0. The van der Waals surface area contributed by atoms with E-state index in [1.54, 1.807) is 14.2 Å². The second-order valence-corrected chi connectivity index (χ2v) is 4.37. The minimum absolute atomic E-state index is 0.603. The maximum atomic E-state index is 5.50. The summed E-state index contributed by atoms with van der Waals surface area (Å²) >= 11 is 0. The van der Waals surface area contributed by atoms with Crippen molar-refractivity contribution in [3.63, 3.8) is 0 Å². The summed E-state index contributed by atoms with van der Waals surface area (Å²) in [4.78, 5) is 4.60. The molecule has 1 heterocycles. The smallest absolute Gasteiger partial charge is 0.274 e. The van der Waals surface area contributed by atoms with E-state index in [9.17, 15) is 0 Å². The molecule has 4 nitrogen and oxygen atoms in total. The number of hydrogen-bond donors (Lipinski definition) is 1. The lowest BCUT2D eigenvalue weighted by atomic mass is 10.1. The Labute approximate surface area is 108 Å². The molecule has 98 valence electrons. The second-order valence-electron chi connectivity index (χ2n) is 4.37. The van der Waals surface area contributed by atoms with Crippen LogP contribution in [0.1, 0.15) is 18.4 Å². The van der Waals surface area contributed by atoms with Crippen LogP contribution in [0.3, 0.4) is 0 Å². The van der Waals surface area contributed by atoms with Crippen molar-refractivity contribution in [2.75, 3.05) is 20.8 Å². The Morgan fingerprint density at radius 2 is 1.94 bits per heavy atom. The molecule has 0 atom stereocenters. The number of ether oxygens (including phenoxy) is 2.